The van der Waals surface area contributed by atoms with Crippen LogP contribution in [0, 0.1) is 5.92 Å². The number of fused-ring (bicyclic) bond motifs is 1. The summed E-state index contributed by atoms with van der Waals surface area (Å²) in [4.78, 5) is 0. The molecule has 1 heterocycles. The summed E-state index contributed by atoms with van der Waals surface area (Å²) in [6, 6.07) is 0.917. The SMILES string of the molecule is C1CCC[C@@H]2NC[C@H]2CC1. The topological polar surface area (TPSA) is 12.0 Å². The highest BCUT2D eigenvalue weighted by Crippen LogP contribution is 2.27. The number of nitrogens with one attached hydrogen (secondary N) is 1. The predicted molar refractivity (Wildman–Crippen MR) is 43.0 cm³/mol. The van der Waals surface area contributed by atoms with E-state index >= 15 is 0 Å². The summed E-state index contributed by atoms with van der Waals surface area (Å²) >= 11 is 0. The summed E-state index contributed by atoms with van der Waals surface area (Å²) in [5.41, 5.74) is 0. The molecule has 0 bridgehead atoms. The van der Waals surface area contributed by atoms with Crippen LogP contribution in [0.25, 0.3) is 0 Å². The second kappa shape index (κ2) is 2.91. The first kappa shape index (κ1) is 6.66. The van der Waals surface area contributed by atoms with Gasteiger partial charge in [0.05, 0.1) is 0 Å². The Kier molecular flexibility index (Phi) is 1.94. The van der Waals surface area contributed by atoms with Gasteiger partial charge in [0.1, 0.15) is 0 Å². The summed E-state index contributed by atoms with van der Waals surface area (Å²) in [6.45, 7) is 1.31. The van der Waals surface area contributed by atoms with Crippen LogP contribution in [0.1, 0.15) is 38.5 Å². The van der Waals surface area contributed by atoms with Gasteiger partial charge in [0.25, 0.3) is 0 Å². The molecule has 2 rings (SSSR count). The van der Waals surface area contributed by atoms with Crippen LogP contribution in [0.4, 0.5) is 0 Å². The van der Waals surface area contributed by atoms with Crippen molar-refractivity contribution in [3.63, 3.8) is 0 Å². The molecule has 1 nitrogen and oxygen atoms in total. The molecule has 1 aliphatic heterocycles. The zero-order chi connectivity index (χ0) is 6.81. The van der Waals surface area contributed by atoms with Crippen LogP contribution in [-0.4, -0.2) is 12.6 Å². The second-order valence-corrected chi connectivity index (χ2v) is 3.77. The van der Waals surface area contributed by atoms with Crippen LogP contribution in [0.5, 0.6) is 0 Å². The average Bonchev–Trinajstić information content (AvgIpc) is 1.89. The summed E-state index contributed by atoms with van der Waals surface area (Å²) in [5, 5.41) is 3.52. The Morgan fingerprint density at radius 1 is 0.900 bits per heavy atom. The Morgan fingerprint density at radius 3 is 2.40 bits per heavy atom. The lowest BCUT2D eigenvalue weighted by atomic mass is 9.81. The monoisotopic (exact) mass is 139 g/mol. The minimum Gasteiger partial charge on any atom is -0.313 e. The smallest absolute Gasteiger partial charge is 0.0108 e. The quantitative estimate of drug-likeness (QED) is 0.540. The molecular weight excluding hydrogens is 122 g/mol. The van der Waals surface area contributed by atoms with E-state index in [2.05, 4.69) is 5.32 Å². The van der Waals surface area contributed by atoms with Gasteiger partial charge >= 0.3 is 0 Å². The van der Waals surface area contributed by atoms with E-state index in [1.54, 1.807) is 0 Å². The Hall–Kier alpha value is -0.0400. The molecule has 1 aliphatic carbocycles. The number of hydrogen-bond acceptors (Lipinski definition) is 1. The zero-order valence-corrected chi connectivity index (χ0v) is 6.60. The molecule has 1 saturated heterocycles. The third kappa shape index (κ3) is 1.20. The van der Waals surface area contributed by atoms with Crippen molar-refractivity contribution >= 4 is 0 Å². The van der Waals surface area contributed by atoms with Crippen molar-refractivity contribution in [2.45, 2.75) is 44.6 Å². The number of hydrogen-bond donors (Lipinski definition) is 1. The lowest BCUT2D eigenvalue weighted by molar-refractivity contribution is 0.186. The highest BCUT2D eigenvalue weighted by Gasteiger charge is 2.29. The molecule has 10 heavy (non-hydrogen) atoms. The summed E-state index contributed by atoms with van der Waals surface area (Å²) in [5.74, 6) is 1.06. The molecule has 1 heteroatoms. The third-order valence-electron chi connectivity index (χ3n) is 3.05. The van der Waals surface area contributed by atoms with Gasteiger partial charge in [-0.1, -0.05) is 25.7 Å². The second-order valence-electron chi connectivity index (χ2n) is 3.77. The van der Waals surface area contributed by atoms with Gasteiger partial charge in [0, 0.05) is 6.04 Å². The Balaban J connectivity index is 1.83. The van der Waals surface area contributed by atoms with Crippen LogP contribution >= 0.6 is 0 Å². The molecule has 0 aromatic rings. The van der Waals surface area contributed by atoms with Crippen LogP contribution in [0.3, 0.4) is 0 Å². The van der Waals surface area contributed by atoms with Crippen molar-refractivity contribution in [1.29, 1.82) is 0 Å². The highest BCUT2D eigenvalue weighted by molar-refractivity contribution is 4.88. The van der Waals surface area contributed by atoms with E-state index in [-0.39, 0.29) is 0 Å². The summed E-state index contributed by atoms with van der Waals surface area (Å²) < 4.78 is 0. The van der Waals surface area contributed by atoms with Crippen LogP contribution < -0.4 is 5.32 Å². The van der Waals surface area contributed by atoms with Gasteiger partial charge in [-0.2, -0.15) is 0 Å². The first-order valence-electron chi connectivity index (χ1n) is 4.70. The Bertz CT molecular complexity index is 97.3. The highest BCUT2D eigenvalue weighted by atomic mass is 15.0. The van der Waals surface area contributed by atoms with Gasteiger partial charge in [-0.25, -0.2) is 0 Å². The maximum absolute atomic E-state index is 3.52. The van der Waals surface area contributed by atoms with E-state index in [0.717, 1.165) is 12.0 Å². The molecule has 1 N–H and O–H groups in total. The van der Waals surface area contributed by atoms with E-state index in [4.69, 9.17) is 0 Å². The summed E-state index contributed by atoms with van der Waals surface area (Å²) in [6.07, 6.45) is 8.87. The van der Waals surface area contributed by atoms with Gasteiger partial charge in [0.15, 0.2) is 0 Å². The normalized spacial score (nSPS) is 40.8. The fraction of sp³-hybridized carbons (Fsp3) is 1.00. The molecule has 2 aliphatic rings. The molecular formula is C9H17N. The van der Waals surface area contributed by atoms with E-state index in [0.29, 0.717) is 0 Å². The van der Waals surface area contributed by atoms with Crippen molar-refractivity contribution in [2.75, 3.05) is 6.54 Å². The van der Waals surface area contributed by atoms with Gasteiger partial charge < -0.3 is 5.32 Å². The molecule has 0 spiro atoms. The van der Waals surface area contributed by atoms with Gasteiger partial charge in [-0.3, -0.25) is 0 Å². The molecule has 1 saturated carbocycles. The lowest BCUT2D eigenvalue weighted by Gasteiger charge is -2.39. The molecule has 58 valence electrons. The fourth-order valence-electron chi connectivity index (χ4n) is 2.22. The van der Waals surface area contributed by atoms with Gasteiger partial charge in [0.2, 0.25) is 0 Å². The third-order valence-corrected chi connectivity index (χ3v) is 3.05. The van der Waals surface area contributed by atoms with Crippen molar-refractivity contribution in [2.24, 2.45) is 5.92 Å². The molecule has 0 unspecified atom stereocenters. The van der Waals surface area contributed by atoms with Crippen molar-refractivity contribution in [1.82, 2.24) is 5.32 Å². The van der Waals surface area contributed by atoms with Crippen LogP contribution in [0.15, 0.2) is 0 Å². The van der Waals surface area contributed by atoms with Crippen molar-refractivity contribution < 1.29 is 0 Å². The van der Waals surface area contributed by atoms with Gasteiger partial charge in [-0.05, 0) is 25.3 Å². The van der Waals surface area contributed by atoms with Gasteiger partial charge in [-0.15, -0.1) is 0 Å². The molecule has 2 fully saturated rings. The van der Waals surface area contributed by atoms with Crippen molar-refractivity contribution in [3.8, 4) is 0 Å². The molecule has 0 aromatic carbocycles. The van der Waals surface area contributed by atoms with Crippen LogP contribution in [0.2, 0.25) is 0 Å². The van der Waals surface area contributed by atoms with E-state index < -0.39 is 0 Å². The van der Waals surface area contributed by atoms with E-state index in [9.17, 15) is 0 Å². The molecule has 0 aromatic heterocycles. The maximum Gasteiger partial charge on any atom is 0.0108 e. The minimum absolute atomic E-state index is 0.917. The summed E-state index contributed by atoms with van der Waals surface area (Å²) in [7, 11) is 0. The predicted octanol–water partition coefficient (Wildman–Crippen LogP) is 1.93. The largest absolute Gasteiger partial charge is 0.313 e. The first-order valence-corrected chi connectivity index (χ1v) is 4.70. The molecule has 2 atom stereocenters. The maximum atomic E-state index is 3.52. The zero-order valence-electron chi connectivity index (χ0n) is 6.60. The van der Waals surface area contributed by atoms with Crippen molar-refractivity contribution in [3.05, 3.63) is 0 Å². The fourth-order valence-corrected chi connectivity index (χ4v) is 2.22. The Morgan fingerprint density at radius 2 is 1.70 bits per heavy atom. The lowest BCUT2D eigenvalue weighted by Crippen LogP contribution is -2.52. The average molecular weight is 139 g/mol. The van der Waals surface area contributed by atoms with E-state index in [1.807, 2.05) is 0 Å². The standard InChI is InChI=1S/C9H17N/c1-2-4-6-9-8(5-3-1)7-10-9/h8-10H,1-7H2/t8-,9+/m1/s1. The molecule has 0 radical (unpaired) electrons. The first-order chi connectivity index (χ1) is 4.97. The van der Waals surface area contributed by atoms with E-state index in [1.165, 1.54) is 45.1 Å². The minimum atomic E-state index is 0.917. The molecule has 0 amide bonds. The van der Waals surface area contributed by atoms with Crippen LogP contribution in [-0.2, 0) is 0 Å². The Labute approximate surface area is 63.2 Å². The number of rotatable bonds is 0.